The average Bonchev–Trinajstić information content (AvgIpc) is 3.05. The van der Waals surface area contributed by atoms with Gasteiger partial charge in [-0.25, -0.2) is 0 Å². The number of nitrogens with zero attached hydrogens (tertiary/aromatic N) is 2. The van der Waals surface area contributed by atoms with Gasteiger partial charge in [0, 0.05) is 56.4 Å². The topological polar surface area (TPSA) is 78.7 Å². The van der Waals surface area contributed by atoms with Crippen molar-refractivity contribution >= 4 is 11.8 Å². The van der Waals surface area contributed by atoms with Crippen LogP contribution in [0.1, 0.15) is 27.1 Å². The first-order valence-electron chi connectivity index (χ1n) is 7.79. The highest BCUT2D eigenvalue weighted by molar-refractivity contribution is 5.97. The summed E-state index contributed by atoms with van der Waals surface area (Å²) in [6.45, 7) is 5.75. The number of carbonyl (C=O) groups excluding carboxylic acids is 2. The van der Waals surface area contributed by atoms with Crippen molar-refractivity contribution < 1.29 is 9.59 Å². The van der Waals surface area contributed by atoms with E-state index >= 15 is 0 Å². The summed E-state index contributed by atoms with van der Waals surface area (Å²) in [6.07, 6.45) is 1.03. The van der Waals surface area contributed by atoms with E-state index in [4.69, 9.17) is 5.73 Å². The standard InChI is InChI=1S/C16H22N4O2/c17-15(21)12-1-3-13(4-2-12)16(22)20-8-5-14(11-20)19-9-6-18-7-10-19/h1-4,14,18H,5-11H2,(H2,17,21). The van der Waals surface area contributed by atoms with Crippen LogP contribution in [0.15, 0.2) is 24.3 Å². The highest BCUT2D eigenvalue weighted by atomic mass is 16.2. The van der Waals surface area contributed by atoms with E-state index < -0.39 is 5.91 Å². The van der Waals surface area contributed by atoms with Crippen molar-refractivity contribution in [1.82, 2.24) is 15.1 Å². The molecule has 1 atom stereocenters. The van der Waals surface area contributed by atoms with Gasteiger partial charge in [0.2, 0.25) is 5.91 Å². The van der Waals surface area contributed by atoms with Crippen molar-refractivity contribution in [1.29, 1.82) is 0 Å². The Balaban J connectivity index is 1.62. The lowest BCUT2D eigenvalue weighted by Crippen LogP contribution is -2.49. The molecule has 22 heavy (non-hydrogen) atoms. The summed E-state index contributed by atoms with van der Waals surface area (Å²) in [5, 5.41) is 3.35. The second kappa shape index (κ2) is 6.46. The van der Waals surface area contributed by atoms with Crippen molar-refractivity contribution in [2.24, 2.45) is 5.73 Å². The van der Waals surface area contributed by atoms with Crippen LogP contribution >= 0.6 is 0 Å². The van der Waals surface area contributed by atoms with E-state index in [2.05, 4.69) is 10.2 Å². The quantitative estimate of drug-likeness (QED) is 0.817. The van der Waals surface area contributed by atoms with E-state index in [9.17, 15) is 9.59 Å². The predicted octanol–water partition coefficient (Wildman–Crippen LogP) is -0.0948. The molecule has 2 aliphatic heterocycles. The second-order valence-corrected chi connectivity index (χ2v) is 5.92. The maximum atomic E-state index is 12.5. The van der Waals surface area contributed by atoms with Gasteiger partial charge in [0.05, 0.1) is 0 Å². The number of likely N-dealkylation sites (tertiary alicyclic amines) is 1. The fourth-order valence-electron chi connectivity index (χ4n) is 3.23. The van der Waals surface area contributed by atoms with Crippen molar-refractivity contribution in [2.75, 3.05) is 39.3 Å². The third kappa shape index (κ3) is 3.13. The van der Waals surface area contributed by atoms with Crippen LogP contribution in [0, 0.1) is 0 Å². The molecule has 0 aromatic heterocycles. The van der Waals surface area contributed by atoms with Gasteiger partial charge in [0.15, 0.2) is 0 Å². The van der Waals surface area contributed by atoms with E-state index in [1.807, 2.05) is 4.90 Å². The summed E-state index contributed by atoms with van der Waals surface area (Å²) >= 11 is 0. The molecular weight excluding hydrogens is 280 g/mol. The molecule has 0 aliphatic carbocycles. The predicted molar refractivity (Wildman–Crippen MR) is 83.7 cm³/mol. The van der Waals surface area contributed by atoms with Crippen LogP contribution in [0.5, 0.6) is 0 Å². The lowest BCUT2D eigenvalue weighted by atomic mass is 10.1. The summed E-state index contributed by atoms with van der Waals surface area (Å²) in [7, 11) is 0. The van der Waals surface area contributed by atoms with Crippen LogP contribution in [0.3, 0.4) is 0 Å². The van der Waals surface area contributed by atoms with Gasteiger partial charge < -0.3 is 16.0 Å². The van der Waals surface area contributed by atoms with Gasteiger partial charge in [-0.2, -0.15) is 0 Å². The Bertz CT molecular complexity index is 552. The number of carbonyl (C=O) groups is 2. The highest BCUT2D eigenvalue weighted by Crippen LogP contribution is 2.19. The first-order chi connectivity index (χ1) is 10.6. The molecule has 1 aromatic rings. The average molecular weight is 302 g/mol. The van der Waals surface area contributed by atoms with E-state index in [-0.39, 0.29) is 5.91 Å². The Morgan fingerprint density at radius 3 is 2.32 bits per heavy atom. The number of hydrogen-bond donors (Lipinski definition) is 2. The Kier molecular flexibility index (Phi) is 4.40. The summed E-state index contributed by atoms with van der Waals surface area (Å²) in [5.74, 6) is -0.437. The number of amides is 2. The van der Waals surface area contributed by atoms with Crippen LogP contribution in [0.25, 0.3) is 0 Å². The van der Waals surface area contributed by atoms with Crippen LogP contribution in [-0.2, 0) is 0 Å². The Morgan fingerprint density at radius 1 is 1.05 bits per heavy atom. The van der Waals surface area contributed by atoms with E-state index in [1.54, 1.807) is 24.3 Å². The summed E-state index contributed by atoms with van der Waals surface area (Å²) in [5.41, 5.74) is 6.26. The number of rotatable bonds is 3. The molecule has 6 heteroatoms. The van der Waals surface area contributed by atoms with Gasteiger partial charge in [-0.05, 0) is 30.7 Å². The van der Waals surface area contributed by atoms with E-state index in [0.29, 0.717) is 17.2 Å². The Labute approximate surface area is 130 Å². The number of primary amides is 1. The molecule has 0 radical (unpaired) electrons. The molecule has 1 aromatic carbocycles. The zero-order valence-electron chi connectivity index (χ0n) is 12.6. The number of benzene rings is 1. The molecule has 2 aliphatic rings. The fraction of sp³-hybridized carbons (Fsp3) is 0.500. The minimum absolute atomic E-state index is 0.0358. The van der Waals surface area contributed by atoms with Gasteiger partial charge in [-0.15, -0.1) is 0 Å². The molecular formula is C16H22N4O2. The second-order valence-electron chi connectivity index (χ2n) is 5.92. The van der Waals surface area contributed by atoms with Crippen LogP contribution in [-0.4, -0.2) is 66.9 Å². The zero-order valence-corrected chi connectivity index (χ0v) is 12.6. The SMILES string of the molecule is NC(=O)c1ccc(C(=O)N2CCC(N3CCNCC3)C2)cc1. The summed E-state index contributed by atoms with van der Waals surface area (Å²) in [4.78, 5) is 28.0. The van der Waals surface area contributed by atoms with Crippen LogP contribution < -0.4 is 11.1 Å². The maximum Gasteiger partial charge on any atom is 0.253 e. The molecule has 3 rings (SSSR count). The molecule has 0 saturated carbocycles. The van der Waals surface area contributed by atoms with Gasteiger partial charge in [-0.3, -0.25) is 14.5 Å². The minimum atomic E-state index is -0.473. The van der Waals surface area contributed by atoms with Gasteiger partial charge >= 0.3 is 0 Å². The minimum Gasteiger partial charge on any atom is -0.366 e. The Morgan fingerprint density at radius 2 is 1.68 bits per heavy atom. The van der Waals surface area contributed by atoms with Gasteiger partial charge in [0.25, 0.3) is 5.91 Å². The molecule has 6 nitrogen and oxygen atoms in total. The number of nitrogens with one attached hydrogen (secondary N) is 1. The summed E-state index contributed by atoms with van der Waals surface area (Å²) in [6, 6.07) is 7.05. The molecule has 1 unspecified atom stereocenters. The zero-order chi connectivity index (χ0) is 15.5. The first-order valence-corrected chi connectivity index (χ1v) is 7.79. The number of hydrogen-bond acceptors (Lipinski definition) is 4. The number of piperazine rings is 1. The monoisotopic (exact) mass is 302 g/mol. The lowest BCUT2D eigenvalue weighted by molar-refractivity contribution is 0.0773. The molecule has 118 valence electrons. The lowest BCUT2D eigenvalue weighted by Gasteiger charge is -2.32. The van der Waals surface area contributed by atoms with Gasteiger partial charge in [-0.1, -0.05) is 0 Å². The highest BCUT2D eigenvalue weighted by Gasteiger charge is 2.31. The molecule has 0 bridgehead atoms. The largest absolute Gasteiger partial charge is 0.366 e. The molecule has 2 saturated heterocycles. The molecule has 2 amide bonds. The maximum absolute atomic E-state index is 12.5. The molecule has 2 fully saturated rings. The third-order valence-electron chi connectivity index (χ3n) is 4.53. The third-order valence-corrected chi connectivity index (χ3v) is 4.53. The Hall–Kier alpha value is -1.92. The normalized spacial score (nSPS) is 22.7. The molecule has 0 spiro atoms. The summed E-state index contributed by atoms with van der Waals surface area (Å²) < 4.78 is 0. The van der Waals surface area contributed by atoms with E-state index in [0.717, 1.165) is 45.7 Å². The van der Waals surface area contributed by atoms with E-state index in [1.165, 1.54) is 0 Å². The molecule has 2 heterocycles. The van der Waals surface area contributed by atoms with Gasteiger partial charge in [0.1, 0.15) is 0 Å². The van der Waals surface area contributed by atoms with Crippen molar-refractivity contribution in [2.45, 2.75) is 12.5 Å². The van der Waals surface area contributed by atoms with Crippen molar-refractivity contribution in [3.8, 4) is 0 Å². The van der Waals surface area contributed by atoms with Crippen molar-refractivity contribution in [3.05, 3.63) is 35.4 Å². The van der Waals surface area contributed by atoms with Crippen molar-refractivity contribution in [3.63, 3.8) is 0 Å². The number of nitrogens with two attached hydrogens (primary N) is 1. The van der Waals surface area contributed by atoms with Crippen LogP contribution in [0.2, 0.25) is 0 Å². The van der Waals surface area contributed by atoms with Crippen LogP contribution in [0.4, 0.5) is 0 Å². The molecule has 3 N–H and O–H groups in total. The fourth-order valence-corrected chi connectivity index (χ4v) is 3.23. The smallest absolute Gasteiger partial charge is 0.253 e. The first kappa shape index (κ1) is 15.0.